The minimum absolute atomic E-state index is 0.125. The molecule has 8 nitrogen and oxygen atoms in total. The van der Waals surface area contributed by atoms with Gasteiger partial charge in [0.05, 0.1) is 6.54 Å². The van der Waals surface area contributed by atoms with E-state index >= 15 is 0 Å². The summed E-state index contributed by atoms with van der Waals surface area (Å²) in [5, 5.41) is 6.93. The van der Waals surface area contributed by atoms with Crippen molar-refractivity contribution in [1.82, 2.24) is 15.2 Å². The van der Waals surface area contributed by atoms with Crippen LogP contribution in [0.25, 0.3) is 0 Å². The Morgan fingerprint density at radius 2 is 2.00 bits per heavy atom. The van der Waals surface area contributed by atoms with Gasteiger partial charge in [0.1, 0.15) is 11.7 Å². The topological polar surface area (TPSA) is 108 Å². The van der Waals surface area contributed by atoms with Gasteiger partial charge in [0, 0.05) is 17.7 Å². The first-order valence-corrected chi connectivity index (χ1v) is 9.74. The maximum Gasteiger partial charge on any atom is 0.325 e. The third-order valence-corrected chi connectivity index (χ3v) is 5.32. The molecule has 2 atom stereocenters. The van der Waals surface area contributed by atoms with E-state index in [0.29, 0.717) is 6.42 Å². The lowest BCUT2D eigenvalue weighted by Gasteiger charge is -2.29. The Labute approximate surface area is 165 Å². The molecule has 0 bridgehead atoms. The van der Waals surface area contributed by atoms with Crippen LogP contribution in [-0.4, -0.2) is 46.1 Å². The number of nitrogens with zero attached hydrogens (tertiary/aromatic N) is 2. The first-order chi connectivity index (χ1) is 13.4. The fourth-order valence-electron chi connectivity index (χ4n) is 3.04. The number of rotatable bonds is 7. The molecule has 3 rings (SSSR count). The zero-order chi connectivity index (χ0) is 20.3. The Kier molecular flexibility index (Phi) is 5.84. The highest BCUT2D eigenvalue weighted by molar-refractivity contribution is 7.14. The van der Waals surface area contributed by atoms with Crippen LogP contribution in [0.3, 0.4) is 0 Å². The number of aromatic nitrogens is 1. The van der Waals surface area contributed by atoms with Crippen LogP contribution < -0.4 is 10.6 Å². The number of nitrogens with one attached hydrogen (secondary N) is 2. The first kappa shape index (κ1) is 19.7. The fourth-order valence-corrected chi connectivity index (χ4v) is 3.76. The average Bonchev–Trinajstić information content (AvgIpc) is 3.30. The number of thiazole rings is 1. The molecule has 9 heteroatoms. The molecule has 4 amide bonds. The fraction of sp³-hybridized carbons (Fsp3) is 0.316. The molecule has 1 aromatic heterocycles. The molecule has 1 aromatic carbocycles. The summed E-state index contributed by atoms with van der Waals surface area (Å²) in [6.45, 7) is 3.37. The van der Waals surface area contributed by atoms with Gasteiger partial charge in [-0.25, -0.2) is 14.7 Å². The smallest absolute Gasteiger partial charge is 0.325 e. The number of urea groups is 1. The van der Waals surface area contributed by atoms with Crippen LogP contribution in [-0.2, 0) is 9.59 Å². The summed E-state index contributed by atoms with van der Waals surface area (Å²) in [5.41, 5.74) is 1.10. The summed E-state index contributed by atoms with van der Waals surface area (Å²) < 4.78 is 0. The summed E-state index contributed by atoms with van der Waals surface area (Å²) in [5.74, 6) is -1.56. The lowest BCUT2D eigenvalue weighted by Crippen LogP contribution is -2.50. The van der Waals surface area contributed by atoms with Gasteiger partial charge >= 0.3 is 6.03 Å². The van der Waals surface area contributed by atoms with E-state index in [1.165, 1.54) is 0 Å². The number of ketones is 1. The number of imide groups is 1. The molecular formula is C19H20N4O4S. The molecule has 2 N–H and O–H groups in total. The molecule has 2 heterocycles. The molecule has 2 unspecified atom stereocenters. The van der Waals surface area contributed by atoms with Gasteiger partial charge < -0.3 is 10.6 Å². The molecule has 0 spiro atoms. The van der Waals surface area contributed by atoms with Crippen LogP contribution in [0.5, 0.6) is 0 Å². The van der Waals surface area contributed by atoms with Gasteiger partial charge in [-0.15, -0.1) is 11.3 Å². The number of benzene rings is 1. The quantitative estimate of drug-likeness (QED) is 0.548. The standard InChI is InChI=1S/C19H20N4O4S/c1-3-14(24)13-10-28-18(21-13)22-17(26)16(23-15(25)9-20-19(23)27)11(2)12-7-5-4-6-8-12/h4-8,10-11,16H,3,9H2,1-2H3,(H,20,27)(H,21,22,26). The number of hydrogen-bond donors (Lipinski definition) is 2. The number of hydrogen-bond acceptors (Lipinski definition) is 6. The van der Waals surface area contributed by atoms with Crippen molar-refractivity contribution in [2.45, 2.75) is 32.2 Å². The van der Waals surface area contributed by atoms with Crippen molar-refractivity contribution in [2.75, 3.05) is 11.9 Å². The van der Waals surface area contributed by atoms with Crippen LogP contribution in [0.1, 0.15) is 42.2 Å². The second-order valence-corrected chi connectivity index (χ2v) is 7.23. The normalized spacial score (nSPS) is 15.9. The second kappa shape index (κ2) is 8.30. The Morgan fingerprint density at radius 1 is 1.29 bits per heavy atom. The zero-order valence-corrected chi connectivity index (χ0v) is 16.3. The second-order valence-electron chi connectivity index (χ2n) is 6.37. The third kappa shape index (κ3) is 3.94. The van der Waals surface area contributed by atoms with Gasteiger partial charge in [-0.2, -0.15) is 0 Å². The molecule has 1 saturated heterocycles. The van der Waals surface area contributed by atoms with E-state index in [-0.39, 0.29) is 23.2 Å². The van der Waals surface area contributed by atoms with E-state index in [1.807, 2.05) is 30.3 Å². The van der Waals surface area contributed by atoms with Crippen molar-refractivity contribution < 1.29 is 19.2 Å². The first-order valence-electron chi connectivity index (χ1n) is 8.86. The summed E-state index contributed by atoms with van der Waals surface area (Å²) in [6.07, 6.45) is 0.313. The molecule has 1 aliphatic rings. The van der Waals surface area contributed by atoms with E-state index in [4.69, 9.17) is 0 Å². The SMILES string of the molecule is CCC(=O)c1csc(NC(=O)C(C(C)c2ccccc2)N2C(=O)CNC2=O)n1. The Morgan fingerprint density at radius 3 is 2.61 bits per heavy atom. The number of anilines is 1. The van der Waals surface area contributed by atoms with Gasteiger partial charge in [-0.1, -0.05) is 44.2 Å². The Bertz CT molecular complexity index is 896. The van der Waals surface area contributed by atoms with Crippen molar-refractivity contribution in [2.24, 2.45) is 0 Å². The number of Topliss-reactive ketones (excluding diaryl/α,β-unsaturated/α-hetero) is 1. The minimum Gasteiger partial charge on any atom is -0.329 e. The molecular weight excluding hydrogens is 380 g/mol. The van der Waals surface area contributed by atoms with Gasteiger partial charge in [-0.3, -0.25) is 14.4 Å². The van der Waals surface area contributed by atoms with Crippen molar-refractivity contribution in [3.63, 3.8) is 0 Å². The van der Waals surface area contributed by atoms with Gasteiger partial charge in [0.15, 0.2) is 10.9 Å². The molecule has 0 saturated carbocycles. The van der Waals surface area contributed by atoms with Crippen LogP contribution in [0.2, 0.25) is 0 Å². The zero-order valence-electron chi connectivity index (χ0n) is 15.5. The van der Waals surface area contributed by atoms with Crippen LogP contribution in [0, 0.1) is 0 Å². The predicted octanol–water partition coefficient (Wildman–Crippen LogP) is 2.40. The summed E-state index contributed by atoms with van der Waals surface area (Å²) >= 11 is 1.12. The van der Waals surface area contributed by atoms with Crippen molar-refractivity contribution in [1.29, 1.82) is 0 Å². The number of amides is 4. The van der Waals surface area contributed by atoms with E-state index in [9.17, 15) is 19.2 Å². The van der Waals surface area contributed by atoms with Gasteiger partial charge in [0.2, 0.25) is 5.91 Å². The lowest BCUT2D eigenvalue weighted by molar-refractivity contribution is -0.132. The molecule has 1 fully saturated rings. The maximum absolute atomic E-state index is 13.1. The van der Waals surface area contributed by atoms with Crippen molar-refractivity contribution in [3.05, 3.63) is 47.0 Å². The average molecular weight is 400 g/mol. The highest BCUT2D eigenvalue weighted by atomic mass is 32.1. The van der Waals surface area contributed by atoms with Crippen molar-refractivity contribution in [3.8, 4) is 0 Å². The number of carbonyl (C=O) groups excluding carboxylic acids is 4. The van der Waals surface area contributed by atoms with E-state index in [1.54, 1.807) is 19.2 Å². The molecule has 146 valence electrons. The van der Waals surface area contributed by atoms with Gasteiger partial charge in [0.25, 0.3) is 5.91 Å². The minimum atomic E-state index is -1.05. The maximum atomic E-state index is 13.1. The summed E-state index contributed by atoms with van der Waals surface area (Å²) in [4.78, 5) is 54.4. The molecule has 0 aliphatic carbocycles. The summed E-state index contributed by atoms with van der Waals surface area (Å²) in [7, 11) is 0. The predicted molar refractivity (Wildman–Crippen MR) is 104 cm³/mol. The van der Waals surface area contributed by atoms with Crippen LogP contribution in [0.4, 0.5) is 9.93 Å². The van der Waals surface area contributed by atoms with E-state index in [2.05, 4.69) is 15.6 Å². The van der Waals surface area contributed by atoms with E-state index < -0.39 is 29.8 Å². The molecule has 1 aliphatic heterocycles. The largest absolute Gasteiger partial charge is 0.329 e. The van der Waals surface area contributed by atoms with E-state index in [0.717, 1.165) is 21.8 Å². The Hall–Kier alpha value is -3.07. The monoisotopic (exact) mass is 400 g/mol. The molecule has 0 radical (unpaired) electrons. The highest BCUT2D eigenvalue weighted by Crippen LogP contribution is 2.27. The number of carbonyl (C=O) groups is 4. The van der Waals surface area contributed by atoms with Crippen LogP contribution >= 0.6 is 11.3 Å². The van der Waals surface area contributed by atoms with Gasteiger partial charge in [-0.05, 0) is 5.56 Å². The highest BCUT2D eigenvalue weighted by Gasteiger charge is 2.42. The molecule has 2 aromatic rings. The lowest BCUT2D eigenvalue weighted by atomic mass is 9.91. The third-order valence-electron chi connectivity index (χ3n) is 4.57. The molecule has 28 heavy (non-hydrogen) atoms. The summed E-state index contributed by atoms with van der Waals surface area (Å²) in [6, 6.07) is 7.53. The Balaban J connectivity index is 1.88. The van der Waals surface area contributed by atoms with Crippen LogP contribution in [0.15, 0.2) is 35.7 Å². The van der Waals surface area contributed by atoms with Crippen molar-refractivity contribution >= 4 is 40.1 Å².